The molecule has 0 fully saturated rings. The lowest BCUT2D eigenvalue weighted by atomic mass is 9.99. The van der Waals surface area contributed by atoms with Crippen LogP contribution in [-0.2, 0) is 0 Å². The Balaban J connectivity index is 2.66. The van der Waals surface area contributed by atoms with Crippen molar-refractivity contribution in [3.8, 4) is 22.6 Å². The van der Waals surface area contributed by atoms with Gasteiger partial charge < -0.3 is 14.6 Å². The molecule has 104 valence electrons. The highest BCUT2D eigenvalue weighted by atomic mass is 35.5. The Hall–Kier alpha value is -2.20. The molecular formula is C15H13ClO4. The van der Waals surface area contributed by atoms with Crippen LogP contribution in [0.5, 0.6) is 11.5 Å². The molecule has 0 amide bonds. The van der Waals surface area contributed by atoms with E-state index in [0.717, 1.165) is 0 Å². The van der Waals surface area contributed by atoms with Crippen LogP contribution in [0.25, 0.3) is 11.1 Å². The van der Waals surface area contributed by atoms with Crippen LogP contribution in [0.1, 0.15) is 10.4 Å². The van der Waals surface area contributed by atoms with E-state index in [1.807, 2.05) is 0 Å². The molecule has 0 aliphatic rings. The summed E-state index contributed by atoms with van der Waals surface area (Å²) in [5.74, 6) is 0.143. The Morgan fingerprint density at radius 1 is 1.05 bits per heavy atom. The van der Waals surface area contributed by atoms with Crippen molar-refractivity contribution in [2.24, 2.45) is 0 Å². The Morgan fingerprint density at radius 3 is 2.15 bits per heavy atom. The van der Waals surface area contributed by atoms with Crippen LogP contribution in [0.3, 0.4) is 0 Å². The van der Waals surface area contributed by atoms with Gasteiger partial charge in [0, 0.05) is 11.1 Å². The lowest BCUT2D eigenvalue weighted by molar-refractivity contribution is 0.0697. The second kappa shape index (κ2) is 5.84. The summed E-state index contributed by atoms with van der Waals surface area (Å²) in [6, 6.07) is 9.83. The number of rotatable bonds is 4. The van der Waals surface area contributed by atoms with E-state index in [4.69, 9.17) is 21.1 Å². The molecule has 1 N–H and O–H groups in total. The van der Waals surface area contributed by atoms with Gasteiger partial charge in [-0.2, -0.15) is 0 Å². The third-order valence-electron chi connectivity index (χ3n) is 2.87. The zero-order valence-electron chi connectivity index (χ0n) is 11.0. The van der Waals surface area contributed by atoms with Crippen LogP contribution in [0.15, 0.2) is 36.4 Å². The number of hydrogen-bond donors (Lipinski definition) is 1. The average molecular weight is 293 g/mol. The summed E-state index contributed by atoms with van der Waals surface area (Å²) in [5.41, 5.74) is 1.35. The van der Waals surface area contributed by atoms with E-state index in [1.54, 1.807) is 30.3 Å². The van der Waals surface area contributed by atoms with Gasteiger partial charge >= 0.3 is 5.97 Å². The van der Waals surface area contributed by atoms with Crippen LogP contribution >= 0.6 is 11.6 Å². The fraction of sp³-hybridized carbons (Fsp3) is 0.133. The first-order valence-electron chi connectivity index (χ1n) is 5.81. The highest BCUT2D eigenvalue weighted by Gasteiger charge is 2.14. The molecule has 0 spiro atoms. The molecule has 0 saturated heterocycles. The van der Waals surface area contributed by atoms with Gasteiger partial charge in [-0.05, 0) is 41.5 Å². The molecule has 0 aliphatic heterocycles. The van der Waals surface area contributed by atoms with Crippen molar-refractivity contribution in [1.29, 1.82) is 0 Å². The van der Waals surface area contributed by atoms with Crippen LogP contribution in [0.4, 0.5) is 0 Å². The average Bonchev–Trinajstić information content (AvgIpc) is 2.46. The molecule has 0 bridgehead atoms. The summed E-state index contributed by atoms with van der Waals surface area (Å²) >= 11 is 5.96. The third kappa shape index (κ3) is 2.86. The minimum atomic E-state index is -1.02. The SMILES string of the molecule is COc1cc(OC)cc(-c2cc(Cl)ccc2C(=O)O)c1. The normalized spacial score (nSPS) is 10.2. The molecule has 0 aliphatic carbocycles. The summed E-state index contributed by atoms with van der Waals surface area (Å²) in [7, 11) is 3.07. The quantitative estimate of drug-likeness (QED) is 0.933. The molecule has 0 saturated carbocycles. The van der Waals surface area contributed by atoms with E-state index >= 15 is 0 Å². The first-order chi connectivity index (χ1) is 9.55. The van der Waals surface area contributed by atoms with Crippen molar-refractivity contribution in [3.63, 3.8) is 0 Å². The van der Waals surface area contributed by atoms with Crippen molar-refractivity contribution in [2.75, 3.05) is 14.2 Å². The molecule has 2 aromatic rings. The van der Waals surface area contributed by atoms with Gasteiger partial charge in [0.1, 0.15) is 11.5 Å². The lowest BCUT2D eigenvalue weighted by Gasteiger charge is -2.11. The van der Waals surface area contributed by atoms with Crippen LogP contribution in [0, 0.1) is 0 Å². The Morgan fingerprint density at radius 2 is 1.65 bits per heavy atom. The van der Waals surface area contributed by atoms with Gasteiger partial charge in [0.2, 0.25) is 0 Å². The number of carboxylic acids is 1. The standard InChI is InChI=1S/C15H13ClO4/c1-19-11-5-9(6-12(8-11)20-2)14-7-10(16)3-4-13(14)15(17)18/h3-8H,1-2H3,(H,17,18). The van der Waals surface area contributed by atoms with Gasteiger partial charge in [0.05, 0.1) is 19.8 Å². The maximum absolute atomic E-state index is 11.3. The maximum atomic E-state index is 11.3. The van der Waals surface area contributed by atoms with Gasteiger partial charge in [-0.15, -0.1) is 0 Å². The number of benzene rings is 2. The lowest BCUT2D eigenvalue weighted by Crippen LogP contribution is -2.00. The second-order valence-corrected chi connectivity index (χ2v) is 4.53. The molecule has 2 aromatic carbocycles. The third-order valence-corrected chi connectivity index (χ3v) is 3.11. The van der Waals surface area contributed by atoms with Gasteiger partial charge in [0.15, 0.2) is 0 Å². The van der Waals surface area contributed by atoms with Crippen molar-refractivity contribution >= 4 is 17.6 Å². The zero-order valence-corrected chi connectivity index (χ0v) is 11.8. The summed E-state index contributed by atoms with van der Waals surface area (Å²) in [6.45, 7) is 0. The van der Waals surface area contributed by atoms with Crippen molar-refractivity contribution in [1.82, 2.24) is 0 Å². The number of methoxy groups -OCH3 is 2. The predicted octanol–water partition coefficient (Wildman–Crippen LogP) is 3.72. The fourth-order valence-electron chi connectivity index (χ4n) is 1.90. The van der Waals surface area contributed by atoms with E-state index in [9.17, 15) is 9.90 Å². The molecule has 0 unspecified atom stereocenters. The first-order valence-corrected chi connectivity index (χ1v) is 6.19. The van der Waals surface area contributed by atoms with Crippen LogP contribution in [-0.4, -0.2) is 25.3 Å². The zero-order chi connectivity index (χ0) is 14.7. The number of hydrogen-bond acceptors (Lipinski definition) is 3. The highest BCUT2D eigenvalue weighted by molar-refractivity contribution is 6.31. The smallest absolute Gasteiger partial charge is 0.336 e. The molecule has 0 aromatic heterocycles. The molecule has 0 heterocycles. The van der Waals surface area contributed by atoms with Crippen molar-refractivity contribution in [2.45, 2.75) is 0 Å². The summed E-state index contributed by atoms with van der Waals surface area (Å²) in [4.78, 5) is 11.3. The molecule has 0 radical (unpaired) electrons. The van der Waals surface area contributed by atoms with Gasteiger partial charge in [0.25, 0.3) is 0 Å². The van der Waals surface area contributed by atoms with Crippen LogP contribution in [0.2, 0.25) is 5.02 Å². The minimum Gasteiger partial charge on any atom is -0.497 e. The number of ether oxygens (including phenoxy) is 2. The van der Waals surface area contributed by atoms with E-state index in [0.29, 0.717) is 27.6 Å². The Labute approximate surface area is 121 Å². The summed E-state index contributed by atoms with van der Waals surface area (Å²) < 4.78 is 10.4. The highest BCUT2D eigenvalue weighted by Crippen LogP contribution is 2.33. The summed E-state index contributed by atoms with van der Waals surface area (Å²) in [6.07, 6.45) is 0. The molecule has 0 atom stereocenters. The predicted molar refractivity (Wildman–Crippen MR) is 77.0 cm³/mol. The molecular weight excluding hydrogens is 280 g/mol. The van der Waals surface area contributed by atoms with Gasteiger partial charge in [-0.3, -0.25) is 0 Å². The van der Waals surface area contributed by atoms with Gasteiger partial charge in [-0.25, -0.2) is 4.79 Å². The maximum Gasteiger partial charge on any atom is 0.336 e. The molecule has 5 heteroatoms. The number of carboxylic acid groups (broad SMARTS) is 1. The fourth-order valence-corrected chi connectivity index (χ4v) is 2.08. The first kappa shape index (κ1) is 14.2. The number of halogens is 1. The largest absolute Gasteiger partial charge is 0.497 e. The van der Waals surface area contributed by atoms with E-state index in [1.165, 1.54) is 20.3 Å². The number of carbonyl (C=O) groups is 1. The Kier molecular flexibility index (Phi) is 4.15. The second-order valence-electron chi connectivity index (χ2n) is 4.10. The summed E-state index contributed by atoms with van der Waals surface area (Å²) in [5, 5.41) is 9.73. The van der Waals surface area contributed by atoms with Crippen LogP contribution < -0.4 is 9.47 Å². The van der Waals surface area contributed by atoms with E-state index in [-0.39, 0.29) is 5.56 Å². The topological polar surface area (TPSA) is 55.8 Å². The Bertz CT molecular complexity index is 630. The van der Waals surface area contributed by atoms with Crippen molar-refractivity contribution in [3.05, 3.63) is 47.0 Å². The van der Waals surface area contributed by atoms with Crippen molar-refractivity contribution < 1.29 is 19.4 Å². The molecule has 4 nitrogen and oxygen atoms in total. The minimum absolute atomic E-state index is 0.171. The number of aromatic carboxylic acids is 1. The van der Waals surface area contributed by atoms with E-state index < -0.39 is 5.97 Å². The molecule has 2 rings (SSSR count). The van der Waals surface area contributed by atoms with Gasteiger partial charge in [-0.1, -0.05) is 11.6 Å². The monoisotopic (exact) mass is 292 g/mol. The van der Waals surface area contributed by atoms with E-state index in [2.05, 4.69) is 0 Å². The molecule has 20 heavy (non-hydrogen) atoms.